The second kappa shape index (κ2) is 11.1. The second-order valence-corrected chi connectivity index (χ2v) is 10.8. The quantitative estimate of drug-likeness (QED) is 0.447. The van der Waals surface area contributed by atoms with Crippen LogP contribution in [0.5, 0.6) is 5.75 Å². The number of urea groups is 1. The van der Waals surface area contributed by atoms with E-state index < -0.39 is 27.9 Å². The van der Waals surface area contributed by atoms with E-state index in [9.17, 15) is 22.4 Å². The Balaban J connectivity index is 1.54. The van der Waals surface area contributed by atoms with Crippen LogP contribution >= 0.6 is 0 Å². The van der Waals surface area contributed by atoms with E-state index in [-0.39, 0.29) is 36.2 Å². The molecule has 10 heteroatoms. The molecule has 0 aromatic heterocycles. The van der Waals surface area contributed by atoms with Gasteiger partial charge in [-0.3, -0.25) is 10.1 Å². The van der Waals surface area contributed by atoms with Gasteiger partial charge in [0, 0.05) is 25.6 Å². The lowest BCUT2D eigenvalue weighted by molar-refractivity contribution is -0.121. The molecule has 2 aliphatic rings. The molecule has 1 saturated carbocycles. The number of halogens is 1. The molecule has 2 fully saturated rings. The number of rotatable bonds is 12. The topological polar surface area (TPSA) is 105 Å². The summed E-state index contributed by atoms with van der Waals surface area (Å²) in [4.78, 5) is 24.3. The summed E-state index contributed by atoms with van der Waals surface area (Å²) in [5, 5.41) is 2.24. The van der Waals surface area contributed by atoms with Gasteiger partial charge >= 0.3 is 6.03 Å². The van der Waals surface area contributed by atoms with Gasteiger partial charge in [-0.05, 0) is 48.8 Å². The van der Waals surface area contributed by atoms with Crippen LogP contribution < -0.4 is 14.8 Å². The van der Waals surface area contributed by atoms with Gasteiger partial charge in [-0.25, -0.2) is 22.3 Å². The number of amides is 3. The van der Waals surface area contributed by atoms with Crippen LogP contribution in [0, 0.1) is 17.7 Å². The van der Waals surface area contributed by atoms with E-state index in [1.54, 1.807) is 24.3 Å². The first-order valence-corrected chi connectivity index (χ1v) is 13.0. The molecule has 1 atom stereocenters. The van der Waals surface area contributed by atoms with Crippen LogP contribution in [0.1, 0.15) is 51.1 Å². The molecule has 2 N–H and O–H groups in total. The Bertz CT molecular complexity index is 992. The SMILES string of the molecule is CC(C)C(NS(=O)(=O)CC/C=C/CN1CCC(=O)NC1=O)c1ccc(F)c(OCC2CC2)c1. The molecule has 1 aliphatic carbocycles. The molecule has 1 aliphatic heterocycles. The van der Waals surface area contributed by atoms with E-state index in [4.69, 9.17) is 4.74 Å². The minimum Gasteiger partial charge on any atom is -0.490 e. The average molecular weight is 482 g/mol. The zero-order valence-electron chi connectivity index (χ0n) is 19.1. The number of hydrogen-bond donors (Lipinski definition) is 2. The highest BCUT2D eigenvalue weighted by Gasteiger charge is 2.25. The molecule has 0 radical (unpaired) electrons. The van der Waals surface area contributed by atoms with Crippen molar-refractivity contribution in [3.63, 3.8) is 0 Å². The summed E-state index contributed by atoms with van der Waals surface area (Å²) in [6, 6.07) is 3.52. The zero-order valence-corrected chi connectivity index (χ0v) is 19.9. The van der Waals surface area contributed by atoms with E-state index in [1.807, 2.05) is 13.8 Å². The van der Waals surface area contributed by atoms with Gasteiger partial charge in [0.25, 0.3) is 0 Å². The lowest BCUT2D eigenvalue weighted by Crippen LogP contribution is -2.49. The maximum absolute atomic E-state index is 14.1. The van der Waals surface area contributed by atoms with E-state index in [0.29, 0.717) is 31.2 Å². The van der Waals surface area contributed by atoms with Crippen LogP contribution in [0.4, 0.5) is 9.18 Å². The highest BCUT2D eigenvalue weighted by atomic mass is 32.2. The van der Waals surface area contributed by atoms with Crippen molar-refractivity contribution in [2.75, 3.05) is 25.4 Å². The molecule has 1 aromatic carbocycles. The Morgan fingerprint density at radius 3 is 2.70 bits per heavy atom. The molecule has 182 valence electrons. The maximum atomic E-state index is 14.1. The molecule has 3 rings (SSSR count). The Kier molecular flexibility index (Phi) is 8.47. The third kappa shape index (κ3) is 7.82. The minimum atomic E-state index is -3.61. The smallest absolute Gasteiger partial charge is 0.324 e. The van der Waals surface area contributed by atoms with Crippen LogP contribution in [-0.2, 0) is 14.8 Å². The number of hydrogen-bond acceptors (Lipinski definition) is 5. The number of sulfonamides is 1. The van der Waals surface area contributed by atoms with E-state index >= 15 is 0 Å². The first kappa shape index (κ1) is 25.2. The first-order chi connectivity index (χ1) is 15.6. The number of benzene rings is 1. The van der Waals surface area contributed by atoms with Crippen LogP contribution in [0.2, 0.25) is 0 Å². The Labute approximate surface area is 194 Å². The predicted octanol–water partition coefficient (Wildman–Crippen LogP) is 3.12. The Hall–Kier alpha value is -2.46. The van der Waals surface area contributed by atoms with Gasteiger partial charge < -0.3 is 9.64 Å². The maximum Gasteiger partial charge on any atom is 0.324 e. The summed E-state index contributed by atoms with van der Waals surface area (Å²) in [7, 11) is -3.61. The summed E-state index contributed by atoms with van der Waals surface area (Å²) in [5.74, 6) is -0.300. The number of carbonyl (C=O) groups is 2. The van der Waals surface area contributed by atoms with Gasteiger partial charge in [-0.1, -0.05) is 32.1 Å². The fourth-order valence-electron chi connectivity index (χ4n) is 3.47. The fourth-order valence-corrected chi connectivity index (χ4v) is 4.83. The van der Waals surface area contributed by atoms with Crippen molar-refractivity contribution in [3.05, 3.63) is 41.7 Å². The van der Waals surface area contributed by atoms with Crippen molar-refractivity contribution >= 4 is 22.0 Å². The number of carbonyl (C=O) groups excluding carboxylic acids is 2. The minimum absolute atomic E-state index is 0.0580. The largest absolute Gasteiger partial charge is 0.490 e. The van der Waals surface area contributed by atoms with Gasteiger partial charge in [0.2, 0.25) is 15.9 Å². The highest BCUT2D eigenvalue weighted by molar-refractivity contribution is 7.89. The van der Waals surface area contributed by atoms with Crippen LogP contribution in [0.25, 0.3) is 0 Å². The van der Waals surface area contributed by atoms with E-state index in [2.05, 4.69) is 10.0 Å². The molecule has 0 spiro atoms. The molecule has 1 saturated heterocycles. The summed E-state index contributed by atoms with van der Waals surface area (Å²) in [6.07, 6.45) is 6.13. The Morgan fingerprint density at radius 1 is 1.27 bits per heavy atom. The monoisotopic (exact) mass is 481 g/mol. The van der Waals surface area contributed by atoms with Crippen molar-refractivity contribution in [2.24, 2.45) is 11.8 Å². The molecule has 0 bridgehead atoms. The van der Waals surface area contributed by atoms with Crippen LogP contribution in [-0.4, -0.2) is 50.7 Å². The molecule has 3 amide bonds. The molecule has 1 unspecified atom stereocenters. The highest BCUT2D eigenvalue weighted by Crippen LogP contribution is 2.32. The molecule has 1 aromatic rings. The number of imide groups is 1. The molecule has 8 nitrogen and oxygen atoms in total. The van der Waals surface area contributed by atoms with Gasteiger partial charge in [0.1, 0.15) is 0 Å². The van der Waals surface area contributed by atoms with E-state index in [1.165, 1.54) is 11.0 Å². The van der Waals surface area contributed by atoms with Crippen molar-refractivity contribution < 1.29 is 27.1 Å². The number of allylic oxidation sites excluding steroid dienone is 1. The summed E-state index contributed by atoms with van der Waals surface area (Å²) in [5.41, 5.74) is 0.655. The van der Waals surface area contributed by atoms with Gasteiger partial charge in [0.05, 0.1) is 12.4 Å². The van der Waals surface area contributed by atoms with Crippen molar-refractivity contribution in [3.8, 4) is 5.75 Å². The van der Waals surface area contributed by atoms with Gasteiger partial charge in [0.15, 0.2) is 11.6 Å². The van der Waals surface area contributed by atoms with Gasteiger partial charge in [-0.15, -0.1) is 0 Å². The molecule has 33 heavy (non-hydrogen) atoms. The lowest BCUT2D eigenvalue weighted by atomic mass is 9.97. The number of nitrogens with zero attached hydrogens (tertiary/aromatic N) is 1. The normalized spacial score (nSPS) is 18.1. The van der Waals surface area contributed by atoms with Crippen molar-refractivity contribution in [1.29, 1.82) is 0 Å². The lowest BCUT2D eigenvalue weighted by Gasteiger charge is -2.25. The van der Waals surface area contributed by atoms with Crippen molar-refractivity contribution in [2.45, 2.75) is 45.6 Å². The summed E-state index contributed by atoms with van der Waals surface area (Å²) < 4.78 is 47.9. The second-order valence-electron chi connectivity index (χ2n) is 8.91. The summed E-state index contributed by atoms with van der Waals surface area (Å²) in [6.45, 7) is 4.92. The summed E-state index contributed by atoms with van der Waals surface area (Å²) >= 11 is 0. The number of nitrogens with one attached hydrogen (secondary N) is 2. The third-order valence-corrected chi connectivity index (χ3v) is 7.03. The molecule has 1 heterocycles. The number of ether oxygens (including phenoxy) is 1. The first-order valence-electron chi connectivity index (χ1n) is 11.3. The predicted molar refractivity (Wildman–Crippen MR) is 123 cm³/mol. The van der Waals surface area contributed by atoms with Crippen molar-refractivity contribution in [1.82, 2.24) is 14.9 Å². The van der Waals surface area contributed by atoms with Gasteiger partial charge in [-0.2, -0.15) is 0 Å². The zero-order chi connectivity index (χ0) is 24.0. The molecular weight excluding hydrogens is 449 g/mol. The Morgan fingerprint density at radius 2 is 2.03 bits per heavy atom. The standard InChI is InChI=1S/C23H32FN3O5S/c1-16(2)22(18-8-9-19(24)20(14-18)32-15-17-6-7-17)26-33(30,31)13-5-3-4-11-27-12-10-21(28)25-23(27)29/h3-4,8-9,14,16-17,22,26H,5-7,10-13,15H2,1-2H3,(H,25,28,29)/b4-3+. The third-order valence-electron chi connectivity index (χ3n) is 5.65. The fraction of sp³-hybridized carbons (Fsp3) is 0.565. The average Bonchev–Trinajstić information content (AvgIpc) is 3.57. The van der Waals surface area contributed by atoms with E-state index in [0.717, 1.165) is 12.8 Å². The van der Waals surface area contributed by atoms with Crippen LogP contribution in [0.3, 0.4) is 0 Å². The molecular formula is C23H32FN3O5S. The van der Waals surface area contributed by atoms with Crippen LogP contribution in [0.15, 0.2) is 30.4 Å².